The molecule has 0 bridgehead atoms. The Morgan fingerprint density at radius 2 is 1.97 bits per heavy atom. The molecule has 1 saturated heterocycles. The number of unbranched alkanes of at least 4 members (excludes halogenated alkanes) is 1. The molecule has 2 heterocycles. The molecule has 3 aliphatic rings. The summed E-state index contributed by atoms with van der Waals surface area (Å²) in [5.41, 5.74) is 9.60. The van der Waals surface area contributed by atoms with Gasteiger partial charge in [-0.1, -0.05) is 38.3 Å². The molecule has 0 radical (unpaired) electrons. The number of nitrogens with two attached hydrogens (primary N) is 1. The van der Waals surface area contributed by atoms with Crippen molar-refractivity contribution in [1.82, 2.24) is 4.90 Å². The van der Waals surface area contributed by atoms with E-state index in [0.717, 1.165) is 31.4 Å². The van der Waals surface area contributed by atoms with Crippen LogP contribution in [0.1, 0.15) is 95.7 Å². The Hall–Kier alpha value is -1.88. The number of nitrogens with zero attached hydrogens (tertiary/aromatic N) is 1. The Balaban J connectivity index is 1.65. The first kappa shape index (κ1) is 23.3. The molecule has 6 atom stereocenters. The number of carbonyl (C=O) groups is 1. The molecule has 2 fully saturated rings. The van der Waals surface area contributed by atoms with Crippen molar-refractivity contribution in [3.63, 3.8) is 0 Å². The first-order chi connectivity index (χ1) is 15.4. The van der Waals surface area contributed by atoms with Crippen LogP contribution in [0.4, 0.5) is 5.69 Å². The number of anilines is 1. The van der Waals surface area contributed by atoms with Gasteiger partial charge in [-0.2, -0.15) is 0 Å². The molecule has 176 valence electrons. The van der Waals surface area contributed by atoms with Crippen molar-refractivity contribution >= 4 is 17.4 Å². The van der Waals surface area contributed by atoms with E-state index in [-0.39, 0.29) is 23.6 Å². The van der Waals surface area contributed by atoms with E-state index < -0.39 is 0 Å². The lowest BCUT2D eigenvalue weighted by Crippen LogP contribution is -2.46. The van der Waals surface area contributed by atoms with E-state index in [2.05, 4.69) is 49.2 Å². The summed E-state index contributed by atoms with van der Waals surface area (Å²) < 4.78 is 0. The minimum atomic E-state index is -0.00368. The topological polar surface area (TPSA) is 82.2 Å². The predicted molar refractivity (Wildman–Crippen MR) is 132 cm³/mol. The highest BCUT2D eigenvalue weighted by molar-refractivity contribution is 5.96. The fraction of sp³-hybridized carbons (Fsp3) is 0.704. The second-order valence-electron chi connectivity index (χ2n) is 10.6. The highest BCUT2D eigenvalue weighted by Crippen LogP contribution is 2.44. The van der Waals surface area contributed by atoms with Crippen LogP contribution in [0.3, 0.4) is 0 Å². The van der Waals surface area contributed by atoms with Crippen LogP contribution < -0.4 is 11.1 Å². The average molecular weight is 439 g/mol. The molecule has 1 aromatic carbocycles. The van der Waals surface area contributed by atoms with E-state index in [1.165, 1.54) is 49.7 Å². The molecule has 5 heteroatoms. The Bertz CT molecular complexity index is 827. The number of hydrogen-bond acceptors (Lipinski definition) is 3. The van der Waals surface area contributed by atoms with Crippen molar-refractivity contribution in [1.29, 1.82) is 5.41 Å². The number of benzene rings is 1. The molecule has 5 nitrogen and oxygen atoms in total. The van der Waals surface area contributed by atoms with Gasteiger partial charge in [-0.25, -0.2) is 0 Å². The Morgan fingerprint density at radius 3 is 2.62 bits per heavy atom. The highest BCUT2D eigenvalue weighted by Gasteiger charge is 2.40. The molecule has 1 saturated carbocycles. The summed E-state index contributed by atoms with van der Waals surface area (Å²) in [5, 5.41) is 11.1. The van der Waals surface area contributed by atoms with Gasteiger partial charge in [-0.3, -0.25) is 15.1 Å². The minimum absolute atomic E-state index is 0.00368. The number of carbonyl (C=O) groups excluding carboxylic acids is 1. The molecule has 0 aromatic heterocycles. The van der Waals surface area contributed by atoms with Gasteiger partial charge < -0.3 is 11.1 Å². The highest BCUT2D eigenvalue weighted by atomic mass is 16.2. The second kappa shape index (κ2) is 9.94. The quantitative estimate of drug-likeness (QED) is 0.380. The summed E-state index contributed by atoms with van der Waals surface area (Å²) in [4.78, 5) is 15.9. The van der Waals surface area contributed by atoms with Gasteiger partial charge in [0.05, 0.1) is 5.84 Å². The SMILES string of the molecule is CCCCC(c1cccc2c1CC(C1CCC(C(=N)N)C1)C(=O)N2)N1C(C)CCCC1C. The molecule has 0 spiro atoms. The van der Waals surface area contributed by atoms with Gasteiger partial charge in [0.15, 0.2) is 0 Å². The summed E-state index contributed by atoms with van der Waals surface area (Å²) in [6, 6.07) is 8.15. The molecule has 1 aromatic rings. The zero-order chi connectivity index (χ0) is 22.8. The molecule has 6 unspecified atom stereocenters. The average Bonchev–Trinajstić information content (AvgIpc) is 3.25. The zero-order valence-electron chi connectivity index (χ0n) is 20.2. The van der Waals surface area contributed by atoms with Crippen molar-refractivity contribution < 1.29 is 4.79 Å². The van der Waals surface area contributed by atoms with E-state index >= 15 is 0 Å². The van der Waals surface area contributed by atoms with Gasteiger partial charge in [-0.15, -0.1) is 0 Å². The van der Waals surface area contributed by atoms with E-state index in [4.69, 9.17) is 11.1 Å². The summed E-state index contributed by atoms with van der Waals surface area (Å²) >= 11 is 0. The van der Waals surface area contributed by atoms with Crippen LogP contribution in [0.25, 0.3) is 0 Å². The van der Waals surface area contributed by atoms with Gasteiger partial charge in [0.1, 0.15) is 0 Å². The first-order valence-corrected chi connectivity index (χ1v) is 12.9. The molecular formula is C27H42N4O. The number of amides is 1. The summed E-state index contributed by atoms with van der Waals surface area (Å²) in [6.45, 7) is 7.08. The van der Waals surface area contributed by atoms with Crippen molar-refractivity contribution in [3.05, 3.63) is 29.3 Å². The maximum absolute atomic E-state index is 13.1. The molecule has 2 aliphatic heterocycles. The molecule has 4 rings (SSSR count). The van der Waals surface area contributed by atoms with Gasteiger partial charge in [0.2, 0.25) is 5.91 Å². The van der Waals surface area contributed by atoms with Crippen LogP contribution >= 0.6 is 0 Å². The molecular weight excluding hydrogens is 396 g/mol. The zero-order valence-corrected chi connectivity index (χ0v) is 20.2. The second-order valence-corrected chi connectivity index (χ2v) is 10.6. The number of rotatable bonds is 7. The lowest BCUT2D eigenvalue weighted by atomic mass is 9.78. The molecule has 1 amide bonds. The van der Waals surface area contributed by atoms with Gasteiger partial charge in [0.25, 0.3) is 0 Å². The fourth-order valence-electron chi connectivity index (χ4n) is 6.76. The van der Waals surface area contributed by atoms with Crippen LogP contribution in [0.15, 0.2) is 18.2 Å². The number of hydrogen-bond donors (Lipinski definition) is 3. The van der Waals surface area contributed by atoms with Crippen LogP contribution in [0, 0.1) is 23.2 Å². The minimum Gasteiger partial charge on any atom is -0.387 e. The fourth-order valence-corrected chi connectivity index (χ4v) is 6.76. The largest absolute Gasteiger partial charge is 0.387 e. The third-order valence-electron chi connectivity index (χ3n) is 8.52. The third kappa shape index (κ3) is 4.59. The number of amidine groups is 1. The van der Waals surface area contributed by atoms with Crippen molar-refractivity contribution in [2.24, 2.45) is 23.5 Å². The standard InChI is InChI=1S/C27H42N4O/c1-4-5-12-25(31-17(2)8-6-9-18(31)3)21-10-7-11-24-23(21)16-22(27(32)30-24)19-13-14-20(15-19)26(28)29/h7,10-11,17-20,22,25H,4-6,8-9,12-16H2,1-3H3,(H3,28,29)(H,30,32). The maximum atomic E-state index is 13.1. The van der Waals surface area contributed by atoms with Crippen molar-refractivity contribution in [3.8, 4) is 0 Å². The molecule has 4 N–H and O–H groups in total. The van der Waals surface area contributed by atoms with E-state index in [1.807, 2.05) is 0 Å². The molecule has 32 heavy (non-hydrogen) atoms. The molecule has 1 aliphatic carbocycles. The lowest BCUT2D eigenvalue weighted by molar-refractivity contribution is -0.121. The van der Waals surface area contributed by atoms with E-state index in [0.29, 0.717) is 24.0 Å². The smallest absolute Gasteiger partial charge is 0.228 e. The van der Waals surface area contributed by atoms with Gasteiger partial charge in [-0.05, 0) is 81.9 Å². The summed E-state index contributed by atoms with van der Waals surface area (Å²) in [6.07, 6.45) is 11.1. The van der Waals surface area contributed by atoms with Crippen molar-refractivity contribution in [2.45, 2.75) is 103 Å². The number of nitrogens with one attached hydrogen (secondary N) is 2. The van der Waals surface area contributed by atoms with E-state index in [1.54, 1.807) is 0 Å². The van der Waals surface area contributed by atoms with Crippen LogP contribution in [0.2, 0.25) is 0 Å². The number of fused-ring (bicyclic) bond motifs is 1. The lowest BCUT2D eigenvalue weighted by Gasteiger charge is -2.45. The Kier molecular flexibility index (Phi) is 7.24. The first-order valence-electron chi connectivity index (χ1n) is 12.9. The normalized spacial score (nSPS) is 31.7. The van der Waals surface area contributed by atoms with Crippen LogP contribution in [-0.2, 0) is 11.2 Å². The van der Waals surface area contributed by atoms with Crippen LogP contribution in [-0.4, -0.2) is 28.7 Å². The maximum Gasteiger partial charge on any atom is 0.228 e. The van der Waals surface area contributed by atoms with Crippen molar-refractivity contribution in [2.75, 3.05) is 5.32 Å². The van der Waals surface area contributed by atoms with Gasteiger partial charge >= 0.3 is 0 Å². The van der Waals surface area contributed by atoms with Crippen LogP contribution in [0.5, 0.6) is 0 Å². The Morgan fingerprint density at radius 1 is 1.22 bits per heavy atom. The summed E-state index contributed by atoms with van der Waals surface area (Å²) in [7, 11) is 0. The monoisotopic (exact) mass is 438 g/mol. The van der Waals surface area contributed by atoms with Gasteiger partial charge in [0, 0.05) is 35.6 Å². The summed E-state index contributed by atoms with van der Waals surface area (Å²) in [5.74, 6) is 0.922. The third-order valence-corrected chi connectivity index (χ3v) is 8.52. The predicted octanol–water partition coefficient (Wildman–Crippen LogP) is 5.64. The number of piperidine rings is 1. The number of likely N-dealkylation sites (tertiary alicyclic amines) is 1. The Labute approximate surface area is 194 Å². The van der Waals surface area contributed by atoms with E-state index in [9.17, 15) is 4.79 Å².